The zero-order valence-electron chi connectivity index (χ0n) is 9.52. The van der Waals surface area contributed by atoms with Crippen molar-refractivity contribution in [2.24, 2.45) is 0 Å². The molecule has 90 valence electrons. The molecule has 0 bridgehead atoms. The van der Waals surface area contributed by atoms with Gasteiger partial charge in [0.2, 0.25) is 5.69 Å². The molecule has 0 aliphatic carbocycles. The van der Waals surface area contributed by atoms with Crippen LogP contribution < -0.4 is 4.74 Å². The molecule has 0 heterocycles. The first-order chi connectivity index (χ1) is 8.81. The Balaban J connectivity index is 2.35. The van der Waals surface area contributed by atoms with Crippen molar-refractivity contribution in [1.29, 1.82) is 0 Å². The molecule has 0 spiro atoms. The van der Waals surface area contributed by atoms with Gasteiger partial charge in [-0.2, -0.15) is 4.74 Å². The number of nitrogens with zero attached hydrogens (tertiary/aromatic N) is 1. The minimum Gasteiger partial charge on any atom is -0.618 e. The highest BCUT2D eigenvalue weighted by Crippen LogP contribution is 2.16. The quantitative estimate of drug-likeness (QED) is 0.272. The van der Waals surface area contributed by atoms with Gasteiger partial charge in [0.25, 0.3) is 6.47 Å². The summed E-state index contributed by atoms with van der Waals surface area (Å²) in [6.07, 6.45) is 1.37. The monoisotopic (exact) mass is 241 g/mol. The average molecular weight is 241 g/mol. The van der Waals surface area contributed by atoms with Gasteiger partial charge in [0.1, 0.15) is 5.75 Å². The first kappa shape index (κ1) is 11.9. The molecule has 0 aliphatic heterocycles. The molecule has 0 atom stereocenters. The van der Waals surface area contributed by atoms with Gasteiger partial charge in [-0.3, -0.25) is 4.79 Å². The first-order valence-corrected chi connectivity index (χ1v) is 5.37. The zero-order valence-corrected chi connectivity index (χ0v) is 9.52. The molecular formula is C14H11NO3. The summed E-state index contributed by atoms with van der Waals surface area (Å²) in [5.41, 5.74) is 1.06. The molecule has 0 fully saturated rings. The Morgan fingerprint density at radius 2 is 1.67 bits per heavy atom. The van der Waals surface area contributed by atoms with Crippen LogP contribution in [0.15, 0.2) is 54.6 Å². The van der Waals surface area contributed by atoms with Gasteiger partial charge in [-0.05, 0) is 12.1 Å². The lowest BCUT2D eigenvalue weighted by Gasteiger charge is -2.04. The van der Waals surface area contributed by atoms with E-state index in [1.165, 1.54) is 6.21 Å². The maximum Gasteiger partial charge on any atom is 0.298 e. The second-order valence-electron chi connectivity index (χ2n) is 3.54. The predicted molar refractivity (Wildman–Crippen MR) is 68.0 cm³/mol. The van der Waals surface area contributed by atoms with Crippen molar-refractivity contribution in [1.82, 2.24) is 0 Å². The molecular weight excluding hydrogens is 230 g/mol. The Labute approximate surface area is 104 Å². The molecule has 0 saturated carbocycles. The minimum atomic E-state index is 0.338. The number of carbonyl (C=O) groups is 1. The molecule has 0 amide bonds. The zero-order chi connectivity index (χ0) is 12.8. The van der Waals surface area contributed by atoms with Crippen molar-refractivity contribution in [2.75, 3.05) is 0 Å². The summed E-state index contributed by atoms with van der Waals surface area (Å²) in [7, 11) is 0. The third kappa shape index (κ3) is 2.74. The number of para-hydroxylation sites is 2. The van der Waals surface area contributed by atoms with Crippen LogP contribution in [-0.4, -0.2) is 17.4 Å². The summed E-state index contributed by atoms with van der Waals surface area (Å²) in [6.45, 7) is 0.338. The molecule has 0 radical (unpaired) electrons. The molecule has 0 aliphatic rings. The average Bonchev–Trinajstić information content (AvgIpc) is 2.42. The van der Waals surface area contributed by atoms with Gasteiger partial charge in [0.15, 0.2) is 6.21 Å². The second kappa shape index (κ2) is 5.63. The van der Waals surface area contributed by atoms with Gasteiger partial charge in [0.05, 0.1) is 5.56 Å². The highest BCUT2D eigenvalue weighted by atomic mass is 16.5. The smallest absolute Gasteiger partial charge is 0.298 e. The van der Waals surface area contributed by atoms with Crippen LogP contribution in [0.2, 0.25) is 0 Å². The maximum absolute atomic E-state index is 11.9. The summed E-state index contributed by atoms with van der Waals surface area (Å²) in [6, 6.07) is 15.6. The normalized spacial score (nSPS) is 11.0. The van der Waals surface area contributed by atoms with E-state index in [2.05, 4.69) is 0 Å². The minimum absolute atomic E-state index is 0.338. The Morgan fingerprint density at radius 1 is 1.00 bits per heavy atom. The van der Waals surface area contributed by atoms with Crippen LogP contribution in [0.25, 0.3) is 0 Å². The molecule has 2 aromatic rings. The molecule has 2 rings (SSSR count). The Kier molecular flexibility index (Phi) is 3.71. The van der Waals surface area contributed by atoms with Gasteiger partial charge in [0, 0.05) is 12.1 Å². The van der Waals surface area contributed by atoms with E-state index in [4.69, 9.17) is 4.74 Å². The molecule has 18 heavy (non-hydrogen) atoms. The topological polar surface area (TPSA) is 52.4 Å². The van der Waals surface area contributed by atoms with Crippen LogP contribution in [0.4, 0.5) is 5.69 Å². The number of carbonyl (C=O) groups excluding carboxylic acids is 1. The van der Waals surface area contributed by atoms with Crippen molar-refractivity contribution in [3.8, 4) is 5.75 Å². The van der Waals surface area contributed by atoms with E-state index >= 15 is 0 Å². The van der Waals surface area contributed by atoms with Gasteiger partial charge in [-0.25, -0.2) is 0 Å². The fraction of sp³-hybridized carbons (Fsp3) is 0. The van der Waals surface area contributed by atoms with Crippen LogP contribution in [0.3, 0.4) is 0 Å². The molecule has 0 unspecified atom stereocenters. The lowest BCUT2D eigenvalue weighted by molar-refractivity contribution is -0.354. The van der Waals surface area contributed by atoms with Gasteiger partial charge < -0.3 is 9.94 Å². The molecule has 4 nitrogen and oxygen atoms in total. The van der Waals surface area contributed by atoms with Gasteiger partial charge >= 0.3 is 0 Å². The first-order valence-electron chi connectivity index (χ1n) is 5.37. The molecule has 0 saturated heterocycles. The summed E-state index contributed by atoms with van der Waals surface area (Å²) in [4.78, 5) is 10.4. The predicted octanol–water partition coefficient (Wildman–Crippen LogP) is 2.48. The Bertz CT molecular complexity index is 564. The Morgan fingerprint density at radius 3 is 2.39 bits per heavy atom. The highest BCUT2D eigenvalue weighted by Gasteiger charge is 2.05. The van der Waals surface area contributed by atoms with Crippen LogP contribution >= 0.6 is 0 Å². The van der Waals surface area contributed by atoms with Crippen LogP contribution in [0.1, 0.15) is 5.56 Å². The third-order valence-electron chi connectivity index (χ3n) is 2.36. The van der Waals surface area contributed by atoms with Crippen molar-refractivity contribution in [3.63, 3.8) is 0 Å². The van der Waals surface area contributed by atoms with Gasteiger partial charge in [-0.1, -0.05) is 30.3 Å². The van der Waals surface area contributed by atoms with Crippen LogP contribution in [-0.2, 0) is 4.79 Å². The number of hydrogen-bond donors (Lipinski definition) is 0. The lowest BCUT2D eigenvalue weighted by Crippen LogP contribution is -2.01. The number of benzene rings is 2. The highest BCUT2D eigenvalue weighted by molar-refractivity contribution is 5.81. The van der Waals surface area contributed by atoms with Crippen molar-refractivity contribution >= 4 is 18.4 Å². The van der Waals surface area contributed by atoms with E-state index in [0.29, 0.717) is 23.5 Å². The summed E-state index contributed by atoms with van der Waals surface area (Å²) >= 11 is 0. The number of hydrogen-bond acceptors (Lipinski definition) is 3. The second-order valence-corrected chi connectivity index (χ2v) is 3.54. The van der Waals surface area contributed by atoms with E-state index in [9.17, 15) is 10.0 Å². The van der Waals surface area contributed by atoms with Crippen LogP contribution in [0.5, 0.6) is 5.75 Å². The van der Waals surface area contributed by atoms with E-state index in [1.807, 2.05) is 6.07 Å². The largest absolute Gasteiger partial charge is 0.618 e. The molecule has 2 aromatic carbocycles. The van der Waals surface area contributed by atoms with Crippen molar-refractivity contribution in [2.45, 2.75) is 0 Å². The van der Waals surface area contributed by atoms with Crippen molar-refractivity contribution in [3.05, 3.63) is 65.4 Å². The van der Waals surface area contributed by atoms with E-state index in [1.54, 1.807) is 48.5 Å². The number of rotatable bonds is 4. The fourth-order valence-electron chi connectivity index (χ4n) is 1.52. The molecule has 4 heteroatoms. The summed E-state index contributed by atoms with van der Waals surface area (Å²) in [5.74, 6) is 0.351. The standard InChI is InChI=1S/C14H11NO3/c16-11-18-14-9-5-4-6-12(14)10-15(17)13-7-2-1-3-8-13/h1-11H. The van der Waals surface area contributed by atoms with E-state index in [-0.39, 0.29) is 0 Å². The summed E-state index contributed by atoms with van der Waals surface area (Å²) < 4.78 is 5.53. The SMILES string of the molecule is O=COc1ccccc1C=[N+]([O-])c1ccccc1. The fourth-order valence-corrected chi connectivity index (χ4v) is 1.52. The molecule has 0 aromatic heterocycles. The van der Waals surface area contributed by atoms with Gasteiger partial charge in [-0.15, -0.1) is 0 Å². The number of ether oxygens (including phenoxy) is 1. The molecule has 0 N–H and O–H groups in total. The third-order valence-corrected chi connectivity index (χ3v) is 2.36. The lowest BCUT2D eigenvalue weighted by atomic mass is 10.2. The van der Waals surface area contributed by atoms with E-state index in [0.717, 1.165) is 4.74 Å². The maximum atomic E-state index is 11.9. The van der Waals surface area contributed by atoms with Crippen LogP contribution in [0, 0.1) is 5.21 Å². The summed E-state index contributed by atoms with van der Waals surface area (Å²) in [5, 5.41) is 11.9. The van der Waals surface area contributed by atoms with E-state index < -0.39 is 0 Å². The Hall–Kier alpha value is -2.62. The van der Waals surface area contributed by atoms with Crippen molar-refractivity contribution < 1.29 is 14.3 Å².